The Morgan fingerprint density at radius 1 is 1.24 bits per heavy atom. The van der Waals surface area contributed by atoms with Crippen LogP contribution < -0.4 is 5.32 Å². The van der Waals surface area contributed by atoms with Crippen LogP contribution in [0.15, 0.2) is 12.1 Å². The van der Waals surface area contributed by atoms with Gasteiger partial charge < -0.3 is 19.7 Å². The maximum absolute atomic E-state index is 13.3. The molecule has 1 fully saturated rings. The Morgan fingerprint density at radius 2 is 1.90 bits per heavy atom. The Balaban J connectivity index is 0.000000298. The van der Waals surface area contributed by atoms with Crippen molar-refractivity contribution in [2.45, 2.75) is 45.4 Å². The van der Waals surface area contributed by atoms with Crippen LogP contribution in [-0.4, -0.2) is 55.6 Å². The minimum atomic E-state index is -1.22. The Kier molecular flexibility index (Phi) is 9.60. The summed E-state index contributed by atoms with van der Waals surface area (Å²) in [4.78, 5) is 34.5. The van der Waals surface area contributed by atoms with Crippen molar-refractivity contribution < 1.29 is 37.0 Å². The summed E-state index contributed by atoms with van der Waals surface area (Å²) in [5.41, 5.74) is -0.118. The van der Waals surface area contributed by atoms with Gasteiger partial charge in [0, 0.05) is 45.2 Å². The number of likely N-dealkylation sites (tertiary alicyclic amines) is 1. The van der Waals surface area contributed by atoms with E-state index in [4.69, 9.17) is 4.74 Å². The zero-order chi connectivity index (χ0) is 22.1. The SMILES string of the molecule is COC(=O)C(NC(C)=O)C(C)OC.O=C1CCCN1Cc1cc(F)cc(F)c1F. The topological polar surface area (TPSA) is 84.9 Å². The molecular formula is C19H25F3N2O5. The number of methoxy groups -OCH3 is 2. The van der Waals surface area contributed by atoms with Gasteiger partial charge >= 0.3 is 5.97 Å². The van der Waals surface area contributed by atoms with Gasteiger partial charge in [-0.3, -0.25) is 9.59 Å². The summed E-state index contributed by atoms with van der Waals surface area (Å²) < 4.78 is 48.5. The fraction of sp³-hybridized carbons (Fsp3) is 0.526. The number of hydrogen-bond donors (Lipinski definition) is 1. The molecule has 29 heavy (non-hydrogen) atoms. The molecule has 0 spiro atoms. The highest BCUT2D eigenvalue weighted by atomic mass is 19.2. The van der Waals surface area contributed by atoms with Gasteiger partial charge in [0.1, 0.15) is 5.82 Å². The fourth-order valence-electron chi connectivity index (χ4n) is 2.65. The molecule has 2 amide bonds. The largest absolute Gasteiger partial charge is 0.467 e. The quantitative estimate of drug-likeness (QED) is 0.564. The van der Waals surface area contributed by atoms with Gasteiger partial charge in [-0.2, -0.15) is 0 Å². The van der Waals surface area contributed by atoms with Crippen LogP contribution in [0.25, 0.3) is 0 Å². The van der Waals surface area contributed by atoms with Crippen LogP contribution >= 0.6 is 0 Å². The number of ether oxygens (including phenoxy) is 2. The molecule has 162 valence electrons. The third-order valence-corrected chi connectivity index (χ3v) is 4.26. The Hall–Kier alpha value is -2.62. The van der Waals surface area contributed by atoms with E-state index in [1.165, 1.54) is 26.0 Å². The molecule has 2 unspecified atom stereocenters. The second kappa shape index (κ2) is 11.4. The van der Waals surface area contributed by atoms with Crippen molar-refractivity contribution in [3.05, 3.63) is 35.1 Å². The molecule has 0 radical (unpaired) electrons. The first-order chi connectivity index (χ1) is 13.6. The summed E-state index contributed by atoms with van der Waals surface area (Å²) >= 11 is 0. The van der Waals surface area contributed by atoms with E-state index in [-0.39, 0.29) is 23.9 Å². The van der Waals surface area contributed by atoms with Crippen molar-refractivity contribution in [1.29, 1.82) is 0 Å². The number of halogens is 3. The van der Waals surface area contributed by atoms with Crippen molar-refractivity contribution >= 4 is 17.8 Å². The van der Waals surface area contributed by atoms with E-state index in [1.54, 1.807) is 6.92 Å². The van der Waals surface area contributed by atoms with Crippen molar-refractivity contribution in [2.24, 2.45) is 0 Å². The molecule has 1 saturated heterocycles. The molecule has 1 heterocycles. The van der Waals surface area contributed by atoms with E-state index < -0.39 is 35.6 Å². The van der Waals surface area contributed by atoms with Gasteiger partial charge in [-0.05, 0) is 19.4 Å². The highest BCUT2D eigenvalue weighted by molar-refractivity contribution is 5.83. The number of hydrogen-bond acceptors (Lipinski definition) is 5. The average Bonchev–Trinajstić information content (AvgIpc) is 3.07. The fourth-order valence-corrected chi connectivity index (χ4v) is 2.65. The molecule has 7 nitrogen and oxygen atoms in total. The second-order valence-electron chi connectivity index (χ2n) is 6.42. The first-order valence-corrected chi connectivity index (χ1v) is 8.89. The molecule has 10 heteroatoms. The molecule has 1 aromatic rings. The lowest BCUT2D eigenvalue weighted by molar-refractivity contribution is -0.148. The number of nitrogens with one attached hydrogen (secondary N) is 1. The highest BCUT2D eigenvalue weighted by Gasteiger charge is 2.26. The van der Waals surface area contributed by atoms with Crippen LogP contribution in [0.3, 0.4) is 0 Å². The minimum Gasteiger partial charge on any atom is -0.467 e. The zero-order valence-electron chi connectivity index (χ0n) is 16.8. The minimum absolute atomic E-state index is 0.0701. The first-order valence-electron chi connectivity index (χ1n) is 8.89. The molecule has 1 N–H and O–H groups in total. The van der Waals surface area contributed by atoms with Crippen molar-refractivity contribution in [2.75, 3.05) is 20.8 Å². The van der Waals surface area contributed by atoms with E-state index in [0.717, 1.165) is 6.07 Å². The maximum Gasteiger partial charge on any atom is 0.331 e. The van der Waals surface area contributed by atoms with Crippen molar-refractivity contribution in [3.63, 3.8) is 0 Å². The Morgan fingerprint density at radius 3 is 2.38 bits per heavy atom. The number of amides is 2. The molecule has 2 atom stereocenters. The lowest BCUT2D eigenvalue weighted by Gasteiger charge is -2.20. The second-order valence-corrected chi connectivity index (χ2v) is 6.42. The van der Waals surface area contributed by atoms with E-state index >= 15 is 0 Å². The smallest absolute Gasteiger partial charge is 0.331 e. The van der Waals surface area contributed by atoms with E-state index in [2.05, 4.69) is 10.1 Å². The van der Waals surface area contributed by atoms with Gasteiger partial charge in [0.05, 0.1) is 13.2 Å². The van der Waals surface area contributed by atoms with Crippen LogP contribution in [-0.2, 0) is 30.4 Å². The predicted octanol–water partition coefficient (Wildman–Crippen LogP) is 1.93. The average molecular weight is 418 g/mol. The van der Waals surface area contributed by atoms with Gasteiger partial charge in [-0.1, -0.05) is 0 Å². The number of benzene rings is 1. The molecule has 0 bridgehead atoms. The Labute approximate surface area is 167 Å². The van der Waals surface area contributed by atoms with Gasteiger partial charge in [0.15, 0.2) is 17.7 Å². The number of esters is 1. The summed E-state index contributed by atoms with van der Waals surface area (Å²) in [6.45, 7) is 3.45. The molecule has 0 aromatic heterocycles. The summed E-state index contributed by atoms with van der Waals surface area (Å²) in [7, 11) is 2.72. The third-order valence-electron chi connectivity index (χ3n) is 4.26. The molecule has 1 aliphatic heterocycles. The first kappa shape index (κ1) is 24.4. The summed E-state index contributed by atoms with van der Waals surface area (Å²) in [6, 6.07) is 0.668. The maximum atomic E-state index is 13.3. The monoisotopic (exact) mass is 418 g/mol. The van der Waals surface area contributed by atoms with Crippen molar-refractivity contribution in [1.82, 2.24) is 10.2 Å². The van der Waals surface area contributed by atoms with Gasteiger partial charge in [0.2, 0.25) is 11.8 Å². The van der Waals surface area contributed by atoms with Crippen LogP contribution in [0.4, 0.5) is 13.2 Å². The van der Waals surface area contributed by atoms with Crippen LogP contribution in [0, 0.1) is 17.5 Å². The molecule has 1 aliphatic rings. The van der Waals surface area contributed by atoms with Crippen molar-refractivity contribution in [3.8, 4) is 0 Å². The van der Waals surface area contributed by atoms with E-state index in [1.807, 2.05) is 0 Å². The summed E-state index contributed by atoms with van der Waals surface area (Å²) in [5.74, 6) is -4.05. The summed E-state index contributed by atoms with van der Waals surface area (Å²) in [6.07, 6.45) is 0.717. The predicted molar refractivity (Wildman–Crippen MR) is 97.1 cm³/mol. The number of carbonyl (C=O) groups excluding carboxylic acids is 3. The van der Waals surface area contributed by atoms with Gasteiger partial charge in [-0.15, -0.1) is 0 Å². The molecule has 2 rings (SSSR count). The normalized spacial score (nSPS) is 15.3. The van der Waals surface area contributed by atoms with Gasteiger partial charge in [-0.25, -0.2) is 18.0 Å². The standard InChI is InChI=1S/C11H10F3NO.C8H15NO4/c12-8-4-7(11(14)9(13)5-8)6-15-3-1-2-10(15)16;1-5(12-3)7(8(11)13-4)9-6(2)10/h4-5H,1-3,6H2;5,7H,1-4H3,(H,9,10). The molecule has 0 aliphatic carbocycles. The van der Waals surface area contributed by atoms with Crippen LogP contribution in [0.5, 0.6) is 0 Å². The zero-order valence-corrected chi connectivity index (χ0v) is 16.8. The molecular weight excluding hydrogens is 393 g/mol. The lowest BCUT2D eigenvalue weighted by Crippen LogP contribution is -2.48. The van der Waals surface area contributed by atoms with Crippen LogP contribution in [0.2, 0.25) is 0 Å². The number of nitrogens with zero attached hydrogens (tertiary/aromatic N) is 1. The van der Waals surface area contributed by atoms with E-state index in [0.29, 0.717) is 25.5 Å². The van der Waals surface area contributed by atoms with E-state index in [9.17, 15) is 27.6 Å². The van der Waals surface area contributed by atoms with Crippen LogP contribution in [0.1, 0.15) is 32.3 Å². The number of carbonyl (C=O) groups is 3. The number of rotatable bonds is 6. The van der Waals surface area contributed by atoms with Gasteiger partial charge in [0.25, 0.3) is 0 Å². The molecule has 1 aromatic carbocycles. The molecule has 0 saturated carbocycles. The third kappa shape index (κ3) is 7.37. The summed E-state index contributed by atoms with van der Waals surface area (Å²) in [5, 5.41) is 2.44. The highest BCUT2D eigenvalue weighted by Crippen LogP contribution is 2.19. The lowest BCUT2D eigenvalue weighted by atomic mass is 10.2. The Bertz CT molecular complexity index is 745.